The minimum absolute atomic E-state index is 0.0689. The van der Waals surface area contributed by atoms with Crippen LogP contribution in [0.1, 0.15) is 47.8 Å². The van der Waals surface area contributed by atoms with E-state index in [-0.39, 0.29) is 5.92 Å². The van der Waals surface area contributed by atoms with Crippen LogP contribution in [0, 0.1) is 5.92 Å². The Morgan fingerprint density at radius 2 is 1.97 bits per heavy atom. The van der Waals surface area contributed by atoms with Crippen LogP contribution in [-0.2, 0) is 22.4 Å². The summed E-state index contributed by atoms with van der Waals surface area (Å²) in [6.07, 6.45) is -0.585. The van der Waals surface area contributed by atoms with E-state index in [1.807, 2.05) is 6.07 Å². The van der Waals surface area contributed by atoms with Crippen LogP contribution in [0.2, 0.25) is 0 Å². The highest BCUT2D eigenvalue weighted by molar-refractivity contribution is 6.05. The smallest absolute Gasteiger partial charge is 0.406 e. The number of hydrogen-bond donors (Lipinski definition) is 0. The fraction of sp³-hybridized carbons (Fsp3) is 0.500. The van der Waals surface area contributed by atoms with Crippen LogP contribution in [0.25, 0.3) is 10.9 Å². The van der Waals surface area contributed by atoms with Crippen molar-refractivity contribution in [2.75, 3.05) is 13.2 Å². The van der Waals surface area contributed by atoms with Crippen molar-refractivity contribution < 1.29 is 27.5 Å². The number of benzene rings is 1. The number of rotatable bonds is 6. The summed E-state index contributed by atoms with van der Waals surface area (Å²) in [7, 11) is 0. The van der Waals surface area contributed by atoms with E-state index in [1.54, 1.807) is 25.1 Å². The molecule has 2 aromatic rings. The van der Waals surface area contributed by atoms with Crippen molar-refractivity contribution >= 4 is 22.8 Å². The van der Waals surface area contributed by atoms with Gasteiger partial charge in [0.25, 0.3) is 5.91 Å². The van der Waals surface area contributed by atoms with E-state index in [0.29, 0.717) is 22.9 Å². The SMILES string of the molecule is C[C@H](C1CC1)N(CC(F)(F)F)C(=O)COC(=O)c1c2c(nc3ccccc13)CCC2. The van der Waals surface area contributed by atoms with Gasteiger partial charge in [-0.25, -0.2) is 4.79 Å². The third kappa shape index (κ3) is 4.27. The van der Waals surface area contributed by atoms with Gasteiger partial charge < -0.3 is 9.64 Å². The second-order valence-corrected chi connectivity index (χ2v) is 8.07. The van der Waals surface area contributed by atoms with Crippen LogP contribution < -0.4 is 0 Å². The highest BCUT2D eigenvalue weighted by Crippen LogP contribution is 2.36. The third-order valence-electron chi connectivity index (χ3n) is 5.92. The van der Waals surface area contributed by atoms with E-state index in [4.69, 9.17) is 4.74 Å². The normalized spacial score (nSPS) is 16.9. The van der Waals surface area contributed by atoms with Crippen molar-refractivity contribution in [1.82, 2.24) is 9.88 Å². The fourth-order valence-corrected chi connectivity index (χ4v) is 4.21. The number of nitrogens with zero attached hydrogens (tertiary/aromatic N) is 2. The molecule has 160 valence electrons. The first-order valence-corrected chi connectivity index (χ1v) is 10.2. The molecular formula is C22H23F3N2O3. The number of esters is 1. The molecule has 2 aliphatic rings. The summed E-state index contributed by atoms with van der Waals surface area (Å²) in [5.74, 6) is -1.44. The number of pyridine rings is 1. The molecule has 0 saturated heterocycles. The molecule has 1 aromatic carbocycles. The standard InChI is InChI=1S/C22H23F3N2O3/c1-13(14-9-10-14)27(12-22(23,24)25)19(28)11-30-21(29)20-15-5-2-3-7-17(15)26-18-8-4-6-16(18)20/h2-3,5,7,13-14H,4,6,8-12H2,1H3/t13-/m1/s1. The molecule has 4 rings (SSSR count). The van der Waals surface area contributed by atoms with Crippen molar-refractivity contribution in [3.05, 3.63) is 41.1 Å². The average molecular weight is 420 g/mol. The molecule has 0 aliphatic heterocycles. The van der Waals surface area contributed by atoms with E-state index in [0.717, 1.165) is 41.8 Å². The number of alkyl halides is 3. The van der Waals surface area contributed by atoms with Gasteiger partial charge in [-0.2, -0.15) is 13.2 Å². The van der Waals surface area contributed by atoms with Gasteiger partial charge >= 0.3 is 12.1 Å². The van der Waals surface area contributed by atoms with Gasteiger partial charge in [0.1, 0.15) is 6.54 Å². The first-order valence-electron chi connectivity index (χ1n) is 10.2. The minimum Gasteiger partial charge on any atom is -0.452 e. The van der Waals surface area contributed by atoms with Gasteiger partial charge in [-0.15, -0.1) is 0 Å². The van der Waals surface area contributed by atoms with E-state index in [9.17, 15) is 22.8 Å². The molecule has 5 nitrogen and oxygen atoms in total. The molecule has 1 amide bonds. The van der Waals surface area contributed by atoms with Crippen LogP contribution in [-0.4, -0.2) is 47.1 Å². The molecule has 0 spiro atoms. The summed E-state index contributed by atoms with van der Waals surface area (Å²) in [4.78, 5) is 30.9. The largest absolute Gasteiger partial charge is 0.452 e. The Hall–Kier alpha value is -2.64. The second kappa shape index (κ2) is 7.89. The summed E-state index contributed by atoms with van der Waals surface area (Å²) in [6, 6.07) is 6.64. The number of ether oxygens (including phenoxy) is 1. The number of hydrogen-bond acceptors (Lipinski definition) is 4. The number of amides is 1. The fourth-order valence-electron chi connectivity index (χ4n) is 4.21. The van der Waals surface area contributed by atoms with Crippen molar-refractivity contribution in [3.63, 3.8) is 0 Å². The molecule has 0 bridgehead atoms. The van der Waals surface area contributed by atoms with E-state index in [2.05, 4.69) is 4.98 Å². The Morgan fingerprint density at radius 3 is 2.67 bits per heavy atom. The summed E-state index contributed by atoms with van der Waals surface area (Å²) in [6.45, 7) is -0.432. The lowest BCUT2D eigenvalue weighted by molar-refractivity contribution is -0.167. The number of carbonyl (C=O) groups is 2. The maximum atomic E-state index is 13.0. The Bertz CT molecular complexity index is 985. The molecule has 2 aliphatic carbocycles. The number of carbonyl (C=O) groups excluding carboxylic acids is 2. The van der Waals surface area contributed by atoms with Gasteiger partial charge in [0.05, 0.1) is 11.1 Å². The zero-order valence-corrected chi connectivity index (χ0v) is 16.7. The zero-order valence-electron chi connectivity index (χ0n) is 16.7. The Labute approximate surface area is 172 Å². The Kier molecular flexibility index (Phi) is 5.42. The van der Waals surface area contributed by atoms with Gasteiger partial charge in [0, 0.05) is 17.1 Å². The van der Waals surface area contributed by atoms with Gasteiger partial charge in [0.2, 0.25) is 0 Å². The highest BCUT2D eigenvalue weighted by atomic mass is 19.4. The summed E-state index contributed by atoms with van der Waals surface area (Å²) >= 11 is 0. The number of aromatic nitrogens is 1. The molecule has 0 N–H and O–H groups in total. The van der Waals surface area contributed by atoms with Crippen LogP contribution in [0.15, 0.2) is 24.3 Å². The Balaban J connectivity index is 1.54. The second-order valence-electron chi connectivity index (χ2n) is 8.07. The summed E-state index contributed by atoms with van der Waals surface area (Å²) in [5, 5.41) is 0.633. The number of fused-ring (bicyclic) bond motifs is 2. The first-order chi connectivity index (χ1) is 14.2. The maximum absolute atomic E-state index is 13.0. The molecule has 1 atom stereocenters. The molecule has 1 fully saturated rings. The zero-order chi connectivity index (χ0) is 21.5. The monoisotopic (exact) mass is 420 g/mol. The van der Waals surface area contributed by atoms with Crippen LogP contribution in [0.3, 0.4) is 0 Å². The van der Waals surface area contributed by atoms with E-state index >= 15 is 0 Å². The predicted octanol–water partition coefficient (Wildman–Crippen LogP) is 4.07. The lowest BCUT2D eigenvalue weighted by atomic mass is 10.0. The average Bonchev–Trinajstić information content (AvgIpc) is 3.45. The van der Waals surface area contributed by atoms with Crippen molar-refractivity contribution in [1.29, 1.82) is 0 Å². The maximum Gasteiger partial charge on any atom is 0.406 e. The first kappa shape index (κ1) is 20.6. The van der Waals surface area contributed by atoms with Crippen LogP contribution in [0.5, 0.6) is 0 Å². The van der Waals surface area contributed by atoms with Crippen LogP contribution >= 0.6 is 0 Å². The molecule has 0 radical (unpaired) electrons. The summed E-state index contributed by atoms with van der Waals surface area (Å²) in [5.41, 5.74) is 2.69. The minimum atomic E-state index is -4.51. The molecule has 0 unspecified atom stereocenters. The van der Waals surface area contributed by atoms with Gasteiger partial charge in [0.15, 0.2) is 6.61 Å². The quantitative estimate of drug-likeness (QED) is 0.661. The van der Waals surface area contributed by atoms with E-state index < -0.39 is 37.2 Å². The van der Waals surface area contributed by atoms with Gasteiger partial charge in [-0.1, -0.05) is 18.2 Å². The number of aryl methyl sites for hydroxylation is 1. The lowest BCUT2D eigenvalue weighted by Crippen LogP contribution is -2.47. The molecule has 8 heteroatoms. The molecule has 1 saturated carbocycles. The van der Waals surface area contributed by atoms with Crippen molar-refractivity contribution in [3.8, 4) is 0 Å². The summed E-state index contributed by atoms with van der Waals surface area (Å²) < 4.78 is 44.2. The van der Waals surface area contributed by atoms with Gasteiger partial charge in [-0.3, -0.25) is 9.78 Å². The van der Waals surface area contributed by atoms with Crippen molar-refractivity contribution in [2.45, 2.75) is 51.2 Å². The lowest BCUT2D eigenvalue weighted by Gasteiger charge is -2.30. The van der Waals surface area contributed by atoms with Gasteiger partial charge in [-0.05, 0) is 56.6 Å². The predicted molar refractivity (Wildman–Crippen MR) is 104 cm³/mol. The van der Waals surface area contributed by atoms with Crippen LogP contribution in [0.4, 0.5) is 13.2 Å². The van der Waals surface area contributed by atoms with E-state index in [1.165, 1.54) is 0 Å². The van der Waals surface area contributed by atoms with Crippen molar-refractivity contribution in [2.24, 2.45) is 5.92 Å². The topological polar surface area (TPSA) is 59.5 Å². The third-order valence-corrected chi connectivity index (χ3v) is 5.92. The molecule has 30 heavy (non-hydrogen) atoms. The highest BCUT2D eigenvalue weighted by Gasteiger charge is 2.40. The molecular weight excluding hydrogens is 397 g/mol. The molecule has 1 heterocycles. The number of halogens is 3. The Morgan fingerprint density at radius 1 is 1.23 bits per heavy atom. The number of para-hydroxylation sites is 1. The molecule has 1 aromatic heterocycles.